The second-order valence-corrected chi connectivity index (χ2v) is 5.82. The zero-order valence-electron chi connectivity index (χ0n) is 15.8. The van der Waals surface area contributed by atoms with E-state index < -0.39 is 12.0 Å². The number of anilines is 2. The molecule has 3 N–H and O–H groups in total. The smallest absolute Gasteiger partial charge is 0.411 e. The first kappa shape index (κ1) is 20.0. The number of nitrogens with one attached hydrogen (secondary N) is 3. The molecule has 2 rings (SSSR count). The van der Waals surface area contributed by atoms with Crippen molar-refractivity contribution in [2.24, 2.45) is 7.05 Å². The summed E-state index contributed by atoms with van der Waals surface area (Å²) in [5.41, 5.74) is 3.05. The van der Waals surface area contributed by atoms with Gasteiger partial charge in [0.15, 0.2) is 0 Å². The summed E-state index contributed by atoms with van der Waals surface area (Å²) < 4.78 is 6.45. The maximum atomic E-state index is 12.2. The molecule has 9 nitrogen and oxygen atoms in total. The van der Waals surface area contributed by atoms with Crippen molar-refractivity contribution in [2.75, 3.05) is 23.8 Å². The van der Waals surface area contributed by atoms with Gasteiger partial charge in [-0.05, 0) is 45.0 Å². The number of aromatic nitrogens is 2. The third-order valence-electron chi connectivity index (χ3n) is 3.85. The Morgan fingerprint density at radius 1 is 1.11 bits per heavy atom. The van der Waals surface area contributed by atoms with Crippen LogP contribution in [0, 0.1) is 13.8 Å². The van der Waals surface area contributed by atoms with Crippen LogP contribution in [0.3, 0.4) is 0 Å². The summed E-state index contributed by atoms with van der Waals surface area (Å²) in [5.74, 6) is -0.740. The second kappa shape index (κ2) is 8.84. The van der Waals surface area contributed by atoms with Gasteiger partial charge in [-0.15, -0.1) is 0 Å². The van der Waals surface area contributed by atoms with Crippen LogP contribution in [0.2, 0.25) is 0 Å². The number of ether oxygens (including phenoxy) is 1. The average Bonchev–Trinajstić information content (AvgIpc) is 2.86. The molecule has 0 aliphatic rings. The Morgan fingerprint density at radius 3 is 2.33 bits per heavy atom. The van der Waals surface area contributed by atoms with E-state index in [9.17, 15) is 14.4 Å². The highest BCUT2D eigenvalue weighted by molar-refractivity contribution is 6.00. The fraction of sp³-hybridized carbons (Fsp3) is 0.333. The van der Waals surface area contributed by atoms with Gasteiger partial charge in [0.1, 0.15) is 0 Å². The van der Waals surface area contributed by atoms with Crippen LogP contribution in [-0.2, 0) is 16.6 Å². The van der Waals surface area contributed by atoms with E-state index in [2.05, 4.69) is 21.0 Å². The van der Waals surface area contributed by atoms with Crippen LogP contribution in [0.25, 0.3) is 0 Å². The van der Waals surface area contributed by atoms with Crippen molar-refractivity contribution in [3.8, 4) is 0 Å². The monoisotopic (exact) mass is 373 g/mol. The van der Waals surface area contributed by atoms with Crippen LogP contribution < -0.4 is 16.0 Å². The van der Waals surface area contributed by atoms with Crippen LogP contribution in [-0.4, -0.2) is 40.8 Å². The average molecular weight is 373 g/mol. The van der Waals surface area contributed by atoms with Crippen molar-refractivity contribution in [1.82, 2.24) is 15.1 Å². The summed E-state index contributed by atoms with van der Waals surface area (Å²) in [6.07, 6.45) is -0.563. The molecule has 1 aromatic heterocycles. The van der Waals surface area contributed by atoms with E-state index in [0.717, 1.165) is 5.69 Å². The number of benzene rings is 1. The van der Waals surface area contributed by atoms with Gasteiger partial charge < -0.3 is 15.4 Å². The van der Waals surface area contributed by atoms with Gasteiger partial charge in [0.05, 0.1) is 30.2 Å². The van der Waals surface area contributed by atoms with E-state index in [1.807, 2.05) is 6.92 Å². The molecule has 3 amide bonds. The first-order valence-electron chi connectivity index (χ1n) is 8.44. The van der Waals surface area contributed by atoms with E-state index in [1.54, 1.807) is 49.8 Å². The highest BCUT2D eigenvalue weighted by Crippen LogP contribution is 2.17. The minimum absolute atomic E-state index is 0.171. The molecule has 1 heterocycles. The maximum absolute atomic E-state index is 12.2. The number of amides is 3. The van der Waals surface area contributed by atoms with Crippen molar-refractivity contribution in [1.29, 1.82) is 0 Å². The van der Waals surface area contributed by atoms with Gasteiger partial charge in [0.25, 0.3) is 5.91 Å². The van der Waals surface area contributed by atoms with Crippen LogP contribution >= 0.6 is 0 Å². The summed E-state index contributed by atoms with van der Waals surface area (Å²) in [6, 6.07) is 6.25. The zero-order chi connectivity index (χ0) is 20.0. The van der Waals surface area contributed by atoms with Crippen molar-refractivity contribution in [3.63, 3.8) is 0 Å². The summed E-state index contributed by atoms with van der Waals surface area (Å²) in [6.45, 7) is 5.45. The van der Waals surface area contributed by atoms with E-state index in [0.29, 0.717) is 22.6 Å². The van der Waals surface area contributed by atoms with Crippen LogP contribution in [0.15, 0.2) is 24.3 Å². The fourth-order valence-corrected chi connectivity index (χ4v) is 2.39. The second-order valence-electron chi connectivity index (χ2n) is 5.82. The number of hydrogen-bond donors (Lipinski definition) is 3. The number of aryl methyl sites for hydroxylation is 2. The molecule has 0 unspecified atom stereocenters. The van der Waals surface area contributed by atoms with E-state index >= 15 is 0 Å². The maximum Gasteiger partial charge on any atom is 0.411 e. The molecule has 144 valence electrons. The molecule has 0 spiro atoms. The number of nitrogens with zero attached hydrogens (tertiary/aromatic N) is 2. The van der Waals surface area contributed by atoms with Gasteiger partial charge in [0.2, 0.25) is 5.91 Å². The molecule has 0 saturated heterocycles. The molecule has 0 fully saturated rings. The first-order valence-corrected chi connectivity index (χ1v) is 8.44. The van der Waals surface area contributed by atoms with Gasteiger partial charge in [-0.25, -0.2) is 4.79 Å². The fourth-order valence-electron chi connectivity index (χ4n) is 2.39. The number of hydrogen-bond acceptors (Lipinski definition) is 5. The molecule has 0 aliphatic carbocycles. The summed E-state index contributed by atoms with van der Waals surface area (Å²) in [4.78, 5) is 35.6. The minimum Gasteiger partial charge on any atom is -0.450 e. The van der Waals surface area contributed by atoms with Crippen molar-refractivity contribution >= 4 is 29.3 Å². The largest absolute Gasteiger partial charge is 0.450 e. The van der Waals surface area contributed by atoms with Crippen molar-refractivity contribution in [2.45, 2.75) is 20.8 Å². The van der Waals surface area contributed by atoms with Gasteiger partial charge in [0, 0.05) is 18.3 Å². The van der Waals surface area contributed by atoms with Gasteiger partial charge >= 0.3 is 6.09 Å². The predicted octanol–water partition coefficient (Wildman–Crippen LogP) is 1.97. The summed E-state index contributed by atoms with van der Waals surface area (Å²) in [5, 5.41) is 12.1. The Balaban J connectivity index is 1.87. The Bertz CT molecular complexity index is 842. The van der Waals surface area contributed by atoms with E-state index in [4.69, 9.17) is 4.74 Å². The number of rotatable bonds is 6. The lowest BCUT2D eigenvalue weighted by Crippen LogP contribution is -2.33. The predicted molar refractivity (Wildman–Crippen MR) is 101 cm³/mol. The molecule has 27 heavy (non-hydrogen) atoms. The van der Waals surface area contributed by atoms with Gasteiger partial charge in [-0.3, -0.25) is 19.6 Å². The molecule has 0 radical (unpaired) electrons. The molecule has 9 heteroatoms. The number of carbonyl (C=O) groups is 3. The lowest BCUT2D eigenvalue weighted by Gasteiger charge is -2.08. The quantitative estimate of drug-likeness (QED) is 0.716. The zero-order valence-corrected chi connectivity index (χ0v) is 15.8. The third kappa shape index (κ3) is 5.30. The summed E-state index contributed by atoms with van der Waals surface area (Å²) >= 11 is 0. The lowest BCUT2D eigenvalue weighted by atomic mass is 10.2. The topological polar surface area (TPSA) is 114 Å². The molecule has 0 bridgehead atoms. The Kier molecular flexibility index (Phi) is 6.53. The highest BCUT2D eigenvalue weighted by Gasteiger charge is 2.14. The molecule has 2 aromatic rings. The van der Waals surface area contributed by atoms with Crippen molar-refractivity contribution < 1.29 is 19.1 Å². The molecule has 0 saturated carbocycles. The van der Waals surface area contributed by atoms with Crippen molar-refractivity contribution in [3.05, 3.63) is 41.2 Å². The number of carbonyl (C=O) groups excluding carboxylic acids is 3. The van der Waals surface area contributed by atoms with Gasteiger partial charge in [-0.1, -0.05) is 0 Å². The molecule has 1 aromatic carbocycles. The molecule has 0 aliphatic heterocycles. The summed E-state index contributed by atoms with van der Waals surface area (Å²) in [7, 11) is 1.79. The lowest BCUT2D eigenvalue weighted by molar-refractivity contribution is -0.115. The minimum atomic E-state index is -0.563. The highest BCUT2D eigenvalue weighted by atomic mass is 16.5. The molecular formula is C18H23N5O4. The Hall–Kier alpha value is -3.36. The third-order valence-corrected chi connectivity index (χ3v) is 3.85. The first-order chi connectivity index (χ1) is 12.8. The van der Waals surface area contributed by atoms with E-state index in [1.165, 1.54) is 0 Å². The van der Waals surface area contributed by atoms with E-state index in [-0.39, 0.29) is 19.1 Å². The Morgan fingerprint density at radius 2 is 1.78 bits per heavy atom. The standard InChI is InChI=1S/C18H23N5O4/c1-5-27-18(26)20-14-8-6-13(7-9-14)17(25)19-10-15(24)21-16-11(2)22-23(4)12(16)3/h6-9H,5,10H2,1-4H3,(H,19,25)(H,20,26)(H,21,24). The van der Waals surface area contributed by atoms with Crippen LogP contribution in [0.4, 0.5) is 16.2 Å². The van der Waals surface area contributed by atoms with Gasteiger partial charge in [-0.2, -0.15) is 5.10 Å². The molecular weight excluding hydrogens is 350 g/mol. The normalized spacial score (nSPS) is 10.2. The molecule has 0 atom stereocenters. The van der Waals surface area contributed by atoms with Crippen LogP contribution in [0.1, 0.15) is 28.7 Å². The SMILES string of the molecule is CCOC(=O)Nc1ccc(C(=O)NCC(=O)Nc2c(C)nn(C)c2C)cc1. The Labute approximate surface area is 157 Å². The van der Waals surface area contributed by atoms with Crippen LogP contribution in [0.5, 0.6) is 0 Å².